The van der Waals surface area contributed by atoms with Crippen LogP contribution in [0.2, 0.25) is 0 Å². The van der Waals surface area contributed by atoms with Crippen LogP contribution in [-0.4, -0.2) is 67.7 Å². The zero-order chi connectivity index (χ0) is 21.8. The Morgan fingerprint density at radius 2 is 2.16 bits per heavy atom. The number of carbonyl (C=O) groups excluding carboxylic acids is 1. The molecule has 0 N–H and O–H groups in total. The van der Waals surface area contributed by atoms with Crippen LogP contribution in [0.1, 0.15) is 36.5 Å². The van der Waals surface area contributed by atoms with Gasteiger partial charge >= 0.3 is 5.63 Å². The van der Waals surface area contributed by atoms with Crippen molar-refractivity contribution in [2.45, 2.75) is 37.9 Å². The molecule has 31 heavy (non-hydrogen) atoms. The van der Waals surface area contributed by atoms with Crippen LogP contribution >= 0.6 is 0 Å². The van der Waals surface area contributed by atoms with E-state index in [-0.39, 0.29) is 17.1 Å². The molecule has 1 spiro atoms. The van der Waals surface area contributed by atoms with E-state index in [0.29, 0.717) is 54.4 Å². The quantitative estimate of drug-likeness (QED) is 0.662. The number of hydrogen-bond donors (Lipinski definition) is 0. The van der Waals surface area contributed by atoms with E-state index in [1.165, 1.54) is 0 Å². The van der Waals surface area contributed by atoms with Crippen molar-refractivity contribution in [2.24, 2.45) is 11.8 Å². The van der Waals surface area contributed by atoms with Gasteiger partial charge in [-0.15, -0.1) is 0 Å². The lowest BCUT2D eigenvalue weighted by Crippen LogP contribution is -2.40. The fourth-order valence-corrected chi connectivity index (χ4v) is 5.73. The minimum atomic E-state index is -0.602. The summed E-state index contributed by atoms with van der Waals surface area (Å²) < 4.78 is 17.5. The summed E-state index contributed by atoms with van der Waals surface area (Å²) in [5, 5.41) is 0.715. The maximum Gasteiger partial charge on any atom is 0.349 e. The zero-order valence-electron chi connectivity index (χ0n) is 18.4. The Morgan fingerprint density at radius 1 is 1.32 bits per heavy atom. The van der Waals surface area contributed by atoms with Crippen molar-refractivity contribution in [2.75, 3.05) is 40.3 Å². The van der Waals surface area contributed by atoms with Gasteiger partial charge in [-0.05, 0) is 51.6 Å². The van der Waals surface area contributed by atoms with Crippen LogP contribution in [-0.2, 0) is 4.74 Å². The highest BCUT2D eigenvalue weighted by atomic mass is 16.5. The number of rotatable bonds is 6. The van der Waals surface area contributed by atoms with Gasteiger partial charge in [0.25, 0.3) is 5.91 Å². The van der Waals surface area contributed by atoms with Crippen LogP contribution < -0.4 is 10.4 Å². The van der Waals surface area contributed by atoms with E-state index in [0.717, 1.165) is 25.8 Å². The molecule has 4 heterocycles. The van der Waals surface area contributed by atoms with Gasteiger partial charge in [0.05, 0.1) is 24.9 Å². The molecular weight excluding hydrogens is 396 g/mol. The van der Waals surface area contributed by atoms with Gasteiger partial charge in [0.1, 0.15) is 16.9 Å². The Bertz CT molecular complexity index is 1060. The number of hydrogen-bond acceptors (Lipinski definition) is 6. The highest BCUT2D eigenvalue weighted by Crippen LogP contribution is 2.55. The van der Waals surface area contributed by atoms with E-state index in [4.69, 9.17) is 13.9 Å². The van der Waals surface area contributed by atoms with Gasteiger partial charge in [0, 0.05) is 36.4 Å². The second-order valence-electron chi connectivity index (χ2n) is 9.47. The third kappa shape index (κ3) is 3.44. The Kier molecular flexibility index (Phi) is 5.06. The van der Waals surface area contributed by atoms with Crippen molar-refractivity contribution >= 4 is 16.9 Å². The zero-order valence-corrected chi connectivity index (χ0v) is 18.4. The highest BCUT2D eigenvalue weighted by molar-refractivity contribution is 5.97. The summed E-state index contributed by atoms with van der Waals surface area (Å²) in [6, 6.07) is 7.02. The van der Waals surface area contributed by atoms with Gasteiger partial charge in [-0.25, -0.2) is 4.79 Å². The summed E-state index contributed by atoms with van der Waals surface area (Å²) in [6.45, 7) is 4.78. The molecule has 0 unspecified atom stereocenters. The maximum atomic E-state index is 13.3. The number of nitrogens with zero attached hydrogens (tertiary/aromatic N) is 2. The molecule has 3 aliphatic rings. The van der Waals surface area contributed by atoms with Gasteiger partial charge in [0.2, 0.25) is 0 Å². The summed E-state index contributed by atoms with van der Waals surface area (Å²) >= 11 is 0. The van der Waals surface area contributed by atoms with Crippen molar-refractivity contribution in [1.82, 2.24) is 9.80 Å². The van der Waals surface area contributed by atoms with Gasteiger partial charge in [0.15, 0.2) is 0 Å². The molecule has 3 aliphatic heterocycles. The number of likely N-dealkylation sites (tertiary alicyclic amines) is 1. The Hall–Kier alpha value is -2.38. The van der Waals surface area contributed by atoms with E-state index < -0.39 is 5.63 Å². The van der Waals surface area contributed by atoms with Gasteiger partial charge in [-0.1, -0.05) is 6.92 Å². The van der Waals surface area contributed by atoms with E-state index in [2.05, 4.69) is 19.0 Å². The fraction of sp³-hybridized carbons (Fsp3) is 0.583. The lowest BCUT2D eigenvalue weighted by molar-refractivity contribution is 0.00252. The Labute approximate surface area is 181 Å². The number of fused-ring (bicyclic) bond motifs is 2. The summed E-state index contributed by atoms with van der Waals surface area (Å²) in [5.41, 5.74) is -0.330. The lowest BCUT2D eigenvalue weighted by Gasteiger charge is -2.30. The lowest BCUT2D eigenvalue weighted by atomic mass is 9.73. The molecule has 7 heteroatoms. The normalized spacial score (nSPS) is 29.2. The smallest absolute Gasteiger partial charge is 0.349 e. The third-order valence-corrected chi connectivity index (χ3v) is 7.06. The second kappa shape index (κ2) is 7.64. The molecule has 1 aromatic carbocycles. The third-order valence-electron chi connectivity index (χ3n) is 7.06. The van der Waals surface area contributed by atoms with Crippen LogP contribution in [0.5, 0.6) is 5.75 Å². The molecule has 166 valence electrons. The molecular formula is C24H30N2O5. The van der Waals surface area contributed by atoms with Crippen molar-refractivity contribution < 1.29 is 18.7 Å². The predicted molar refractivity (Wildman–Crippen MR) is 117 cm³/mol. The van der Waals surface area contributed by atoms with Crippen molar-refractivity contribution in [3.63, 3.8) is 0 Å². The van der Waals surface area contributed by atoms with Crippen LogP contribution in [0.3, 0.4) is 0 Å². The number of carbonyl (C=O) groups is 1. The van der Waals surface area contributed by atoms with E-state index in [1.807, 2.05) is 19.1 Å². The molecule has 0 saturated carbocycles. The topological polar surface area (TPSA) is 72.2 Å². The molecule has 5 rings (SSSR count). The standard InChI is InChI=1S/C24H30N2O5/c1-4-9-29-16-6-5-15-10-17(23(28)30-21(15)11-16)22(27)26-13-19-18(12-25(2)3)20-7-8-24(19,14-26)31-20/h5-6,10-11,18-20H,4,7-9,12-14H2,1-3H3/t18-,19+,20+,24+/m1/s1. The minimum absolute atomic E-state index is 0.0878. The highest BCUT2D eigenvalue weighted by Gasteiger charge is 2.63. The first kappa shape index (κ1) is 20.5. The molecule has 0 radical (unpaired) electrons. The van der Waals surface area contributed by atoms with E-state index in [9.17, 15) is 9.59 Å². The molecule has 3 fully saturated rings. The predicted octanol–water partition coefficient (Wildman–Crippen LogP) is 2.76. The van der Waals surface area contributed by atoms with Crippen LogP contribution in [0.4, 0.5) is 0 Å². The first-order valence-electron chi connectivity index (χ1n) is 11.2. The summed E-state index contributed by atoms with van der Waals surface area (Å²) in [7, 11) is 4.16. The molecule has 7 nitrogen and oxygen atoms in total. The average molecular weight is 427 g/mol. The first-order valence-corrected chi connectivity index (χ1v) is 11.2. The number of ether oxygens (including phenoxy) is 2. The minimum Gasteiger partial charge on any atom is -0.493 e. The van der Waals surface area contributed by atoms with Gasteiger partial charge in [-0.2, -0.15) is 0 Å². The Morgan fingerprint density at radius 3 is 2.94 bits per heavy atom. The largest absolute Gasteiger partial charge is 0.493 e. The van der Waals surface area contributed by atoms with E-state index >= 15 is 0 Å². The van der Waals surface area contributed by atoms with Gasteiger partial charge < -0.3 is 23.7 Å². The van der Waals surface area contributed by atoms with E-state index in [1.54, 1.807) is 17.0 Å². The molecule has 4 atom stereocenters. The molecule has 0 aliphatic carbocycles. The van der Waals surface area contributed by atoms with Crippen LogP contribution in [0.15, 0.2) is 33.5 Å². The Balaban J connectivity index is 1.39. The maximum absolute atomic E-state index is 13.3. The molecule has 1 amide bonds. The summed E-state index contributed by atoms with van der Waals surface area (Å²) in [4.78, 5) is 30.0. The second-order valence-corrected chi connectivity index (χ2v) is 9.47. The number of amides is 1. The van der Waals surface area contributed by atoms with Crippen LogP contribution in [0, 0.1) is 11.8 Å². The van der Waals surface area contributed by atoms with Crippen molar-refractivity contribution in [3.05, 3.63) is 40.2 Å². The summed E-state index contributed by atoms with van der Waals surface area (Å²) in [6.07, 6.45) is 3.23. The monoisotopic (exact) mass is 426 g/mol. The fourth-order valence-electron chi connectivity index (χ4n) is 5.73. The molecule has 1 aromatic heterocycles. The van der Waals surface area contributed by atoms with Crippen LogP contribution in [0.25, 0.3) is 11.0 Å². The molecule has 2 bridgehead atoms. The molecule has 2 aromatic rings. The summed E-state index contributed by atoms with van der Waals surface area (Å²) in [5.74, 6) is 1.14. The van der Waals surface area contributed by atoms with Gasteiger partial charge in [-0.3, -0.25) is 4.79 Å². The molecule has 3 saturated heterocycles. The van der Waals surface area contributed by atoms with Crippen molar-refractivity contribution in [1.29, 1.82) is 0 Å². The van der Waals surface area contributed by atoms with Crippen molar-refractivity contribution in [3.8, 4) is 5.75 Å². The number of benzene rings is 1. The SMILES string of the molecule is CCCOc1ccc2cc(C(=O)N3C[C@H]4[C@@H](CN(C)C)[C@@H]5CC[C@@]4(C3)O5)c(=O)oc2c1. The first-order chi connectivity index (χ1) is 14.9. The average Bonchev–Trinajstić information content (AvgIpc) is 3.40.